The Labute approximate surface area is 328 Å². The Balaban J connectivity index is 1.07. The number of aromatic nitrogens is 2. The number of benzene rings is 2. The van der Waals surface area contributed by atoms with E-state index in [2.05, 4.69) is 9.97 Å². The zero-order valence-corrected chi connectivity index (χ0v) is 32.6. The van der Waals surface area contributed by atoms with Gasteiger partial charge in [0.05, 0.1) is 26.4 Å². The zero-order chi connectivity index (χ0) is 39.3. The van der Waals surface area contributed by atoms with Crippen molar-refractivity contribution < 1.29 is 47.5 Å². The third-order valence-corrected chi connectivity index (χ3v) is 10.0. The van der Waals surface area contributed by atoms with Gasteiger partial charge in [-0.1, -0.05) is 12.1 Å². The van der Waals surface area contributed by atoms with Gasteiger partial charge in [-0.2, -0.15) is 0 Å². The van der Waals surface area contributed by atoms with Crippen LogP contribution in [0.25, 0.3) is 0 Å². The maximum atomic E-state index is 13.1. The molecule has 2 aromatic heterocycles. The van der Waals surface area contributed by atoms with Crippen molar-refractivity contribution in [1.82, 2.24) is 9.97 Å². The molecule has 6 rings (SSSR count). The molecule has 0 saturated heterocycles. The monoisotopic (exact) mass is 768 g/mol. The first-order chi connectivity index (χ1) is 27.3. The molecule has 0 bridgehead atoms. The molecule has 2 saturated carbocycles. The van der Waals surface area contributed by atoms with Crippen molar-refractivity contribution in [3.63, 3.8) is 0 Å². The van der Waals surface area contributed by atoms with Crippen LogP contribution >= 0.6 is 0 Å². The average molecular weight is 769 g/mol. The molecule has 2 aliphatic rings. The number of nitrogens with zero attached hydrogens (tertiary/aromatic N) is 2. The molecule has 0 radical (unpaired) electrons. The van der Waals surface area contributed by atoms with E-state index in [0.717, 1.165) is 62.5 Å². The predicted molar refractivity (Wildman–Crippen MR) is 207 cm³/mol. The van der Waals surface area contributed by atoms with Gasteiger partial charge in [-0.05, 0) is 102 Å². The number of methoxy groups -OCH3 is 2. The van der Waals surface area contributed by atoms with Gasteiger partial charge >= 0.3 is 11.9 Å². The zero-order valence-electron chi connectivity index (χ0n) is 32.6. The Morgan fingerprint density at radius 3 is 1.38 bits per heavy atom. The second-order valence-corrected chi connectivity index (χ2v) is 14.4. The minimum absolute atomic E-state index is 0.131. The molecule has 56 heavy (non-hydrogen) atoms. The molecular weight excluding hydrogens is 716 g/mol. The highest BCUT2D eigenvalue weighted by molar-refractivity contribution is 6.29. The summed E-state index contributed by atoms with van der Waals surface area (Å²) in [6.07, 6.45) is 13.4. The minimum Gasteiger partial charge on any atom is -0.493 e. The number of rotatable bonds is 18. The average Bonchev–Trinajstić information content (AvgIpc) is 3.93. The van der Waals surface area contributed by atoms with Gasteiger partial charge in [0.25, 0.3) is 0 Å². The van der Waals surface area contributed by atoms with Gasteiger partial charge < -0.3 is 37.9 Å². The maximum absolute atomic E-state index is 13.1. The van der Waals surface area contributed by atoms with Crippen LogP contribution in [0.4, 0.5) is 0 Å². The van der Waals surface area contributed by atoms with Gasteiger partial charge in [0, 0.05) is 60.9 Å². The van der Waals surface area contributed by atoms with Crippen LogP contribution in [0.5, 0.6) is 34.5 Å². The molecule has 2 heterocycles. The van der Waals surface area contributed by atoms with Crippen LogP contribution in [0.3, 0.4) is 0 Å². The first-order valence-corrected chi connectivity index (χ1v) is 19.5. The van der Waals surface area contributed by atoms with E-state index in [-0.39, 0.29) is 25.0 Å². The molecule has 2 aliphatic carbocycles. The molecular formula is C44H52N2O10. The molecule has 0 spiro atoms. The Morgan fingerprint density at radius 2 is 1.02 bits per heavy atom. The third kappa shape index (κ3) is 11.3. The SMILES string of the molecule is COc1ccc(OC(CC(C)OC(=O)C(=O)OC(C)CC(Oc2ccc(OC)c(OC3CCCC3)c2)c2cccnc2)c2cccnc2)cc1OC1CCCC1. The number of pyridine rings is 2. The first-order valence-electron chi connectivity index (χ1n) is 19.5. The number of hydrogen-bond donors (Lipinski definition) is 0. The lowest BCUT2D eigenvalue weighted by Crippen LogP contribution is -2.30. The summed E-state index contributed by atoms with van der Waals surface area (Å²) in [7, 11) is 3.21. The summed E-state index contributed by atoms with van der Waals surface area (Å²) >= 11 is 0. The molecule has 4 aromatic rings. The van der Waals surface area contributed by atoms with Crippen molar-refractivity contribution in [1.29, 1.82) is 0 Å². The van der Waals surface area contributed by atoms with Crippen LogP contribution in [-0.4, -0.2) is 60.5 Å². The molecule has 0 amide bonds. The van der Waals surface area contributed by atoms with Crippen molar-refractivity contribution in [3.05, 3.63) is 96.6 Å². The Kier molecular flexibility index (Phi) is 14.3. The Bertz CT molecular complexity index is 1710. The van der Waals surface area contributed by atoms with Crippen LogP contribution in [0, 0.1) is 0 Å². The molecule has 12 nitrogen and oxygen atoms in total. The van der Waals surface area contributed by atoms with E-state index in [1.807, 2.05) is 48.5 Å². The maximum Gasteiger partial charge on any atom is 0.417 e. The van der Waals surface area contributed by atoms with Gasteiger partial charge in [-0.25, -0.2) is 9.59 Å². The van der Waals surface area contributed by atoms with Crippen molar-refractivity contribution in [3.8, 4) is 34.5 Å². The predicted octanol–water partition coefficient (Wildman–Crippen LogP) is 8.72. The molecule has 2 fully saturated rings. The lowest BCUT2D eigenvalue weighted by molar-refractivity contribution is -0.174. The van der Waals surface area contributed by atoms with Crippen molar-refractivity contribution in [2.24, 2.45) is 0 Å². The molecule has 4 atom stereocenters. The van der Waals surface area contributed by atoms with Gasteiger partial charge in [0.2, 0.25) is 0 Å². The second kappa shape index (κ2) is 19.9. The van der Waals surface area contributed by atoms with E-state index in [1.165, 1.54) is 0 Å². The van der Waals surface area contributed by atoms with Crippen LogP contribution in [-0.2, 0) is 19.1 Å². The largest absolute Gasteiger partial charge is 0.493 e. The summed E-state index contributed by atoms with van der Waals surface area (Å²) in [5.74, 6) is 1.35. The third-order valence-electron chi connectivity index (χ3n) is 10.0. The fourth-order valence-corrected chi connectivity index (χ4v) is 7.14. The smallest absolute Gasteiger partial charge is 0.417 e. The second-order valence-electron chi connectivity index (χ2n) is 14.4. The summed E-state index contributed by atoms with van der Waals surface area (Å²) in [5, 5.41) is 0. The van der Waals surface area contributed by atoms with E-state index >= 15 is 0 Å². The standard InChI is InChI=1S/C44H52N2O10/c1-29(23-39(31-11-9-21-45-27-31)55-35-17-19-37(49-3)41(25-35)53-33-13-5-6-14-33)51-43(47)44(48)52-30(2)24-40(32-12-10-22-46-28-32)56-36-18-20-38(50-4)42(26-36)54-34-15-7-8-16-34/h9-12,17-22,25-30,33-34,39-40H,5-8,13-16,23-24H2,1-4H3. The molecule has 12 heteroatoms. The Hall–Kier alpha value is -5.52. The van der Waals surface area contributed by atoms with Crippen LogP contribution in [0.2, 0.25) is 0 Å². The fourth-order valence-electron chi connectivity index (χ4n) is 7.14. The number of esters is 2. The van der Waals surface area contributed by atoms with Gasteiger partial charge in [0.1, 0.15) is 35.9 Å². The quantitative estimate of drug-likeness (QED) is 0.0708. The molecule has 4 unspecified atom stereocenters. The van der Waals surface area contributed by atoms with Crippen LogP contribution < -0.4 is 28.4 Å². The van der Waals surface area contributed by atoms with Crippen molar-refractivity contribution in [2.45, 2.75) is 115 Å². The Morgan fingerprint density at radius 1 is 0.607 bits per heavy atom. The fraction of sp³-hybridized carbons (Fsp3) is 0.455. The first kappa shape index (κ1) is 40.2. The molecule has 298 valence electrons. The van der Waals surface area contributed by atoms with E-state index in [1.54, 1.807) is 65.0 Å². The van der Waals surface area contributed by atoms with Crippen LogP contribution in [0.15, 0.2) is 85.5 Å². The summed E-state index contributed by atoms with van der Waals surface area (Å²) in [4.78, 5) is 34.7. The summed E-state index contributed by atoms with van der Waals surface area (Å²) in [6.45, 7) is 3.41. The van der Waals surface area contributed by atoms with Crippen LogP contribution in [0.1, 0.15) is 101 Å². The number of hydrogen-bond acceptors (Lipinski definition) is 12. The molecule has 0 N–H and O–H groups in total. The highest BCUT2D eigenvalue weighted by atomic mass is 16.6. The topological polar surface area (TPSA) is 134 Å². The summed E-state index contributed by atoms with van der Waals surface area (Å²) in [6, 6.07) is 18.3. The summed E-state index contributed by atoms with van der Waals surface area (Å²) < 4.78 is 47.8. The van der Waals surface area contributed by atoms with Gasteiger partial charge in [-0.3, -0.25) is 9.97 Å². The molecule has 0 aliphatic heterocycles. The van der Waals surface area contributed by atoms with Crippen molar-refractivity contribution >= 4 is 11.9 Å². The normalized spacial score (nSPS) is 16.6. The highest BCUT2D eigenvalue weighted by Crippen LogP contribution is 2.38. The lowest BCUT2D eigenvalue weighted by atomic mass is 10.1. The minimum atomic E-state index is -1.10. The number of carbonyl (C=O) groups excluding carboxylic acids is 2. The van der Waals surface area contributed by atoms with Gasteiger partial charge in [-0.15, -0.1) is 0 Å². The molecule has 2 aromatic carbocycles. The number of carbonyl (C=O) groups is 2. The van der Waals surface area contributed by atoms with Gasteiger partial charge in [0.15, 0.2) is 23.0 Å². The van der Waals surface area contributed by atoms with E-state index in [0.29, 0.717) is 34.5 Å². The van der Waals surface area contributed by atoms with E-state index < -0.39 is 36.4 Å². The van der Waals surface area contributed by atoms with E-state index in [9.17, 15) is 9.59 Å². The highest BCUT2D eigenvalue weighted by Gasteiger charge is 2.29. The van der Waals surface area contributed by atoms with Crippen molar-refractivity contribution in [2.75, 3.05) is 14.2 Å². The van der Waals surface area contributed by atoms with E-state index in [4.69, 9.17) is 37.9 Å². The lowest BCUT2D eigenvalue weighted by Gasteiger charge is -2.25. The summed E-state index contributed by atoms with van der Waals surface area (Å²) in [5.41, 5.74) is 1.55. The number of ether oxygens (including phenoxy) is 8.